The number of halogens is 2. The van der Waals surface area contributed by atoms with E-state index in [0.29, 0.717) is 10.9 Å². The highest BCUT2D eigenvalue weighted by Crippen LogP contribution is 2.38. The second-order valence-electron chi connectivity index (χ2n) is 12.2. The first-order chi connectivity index (χ1) is 22.0. The van der Waals surface area contributed by atoms with Gasteiger partial charge < -0.3 is 14.2 Å². The summed E-state index contributed by atoms with van der Waals surface area (Å²) in [5, 5.41) is 12.6. The fraction of sp³-hybridized carbons (Fsp3) is 0.368. The highest BCUT2D eigenvalue weighted by atomic mass is 35.5. The van der Waals surface area contributed by atoms with Crippen molar-refractivity contribution in [1.29, 1.82) is 5.26 Å². The van der Waals surface area contributed by atoms with E-state index in [9.17, 15) is 5.26 Å². The molecule has 0 spiro atoms. The molecule has 2 aromatic heterocycles. The minimum Gasteiger partial charge on any atom is -0.457 e. The number of ether oxygens (including phenoxy) is 1. The number of fused-ring (bicyclic) bond motifs is 1. The molecule has 46 heavy (non-hydrogen) atoms. The number of likely N-dealkylation sites (tertiary alicyclic amines) is 1. The van der Waals surface area contributed by atoms with E-state index in [0.717, 1.165) is 61.7 Å². The summed E-state index contributed by atoms with van der Waals surface area (Å²) in [6.45, 7) is 5.68. The molecule has 0 atom stereocenters. The summed E-state index contributed by atoms with van der Waals surface area (Å²) < 4.78 is 8.20. The molecule has 0 N–H and O–H groups in total. The maximum atomic E-state index is 9.33. The Morgan fingerprint density at radius 3 is 2.37 bits per heavy atom. The SMILES string of the molecule is CCCCc1sc(C2CCN(CCCCc3cn(C)c4ccc(C#N)cc34)CC2)nc1-c1ccc(Oc2ccc(Cl)cc2)cc1.Cl. The van der Waals surface area contributed by atoms with Crippen LogP contribution in [0, 0.1) is 11.3 Å². The monoisotopic (exact) mass is 672 g/mol. The molecule has 0 aliphatic carbocycles. The first-order valence-corrected chi connectivity index (χ1v) is 17.4. The van der Waals surface area contributed by atoms with E-state index in [-0.39, 0.29) is 12.4 Å². The zero-order valence-corrected chi connectivity index (χ0v) is 29.1. The zero-order valence-electron chi connectivity index (χ0n) is 26.7. The van der Waals surface area contributed by atoms with E-state index < -0.39 is 0 Å². The average molecular weight is 674 g/mol. The smallest absolute Gasteiger partial charge is 0.127 e. The predicted octanol–water partition coefficient (Wildman–Crippen LogP) is 10.6. The Hall–Kier alpha value is -3.34. The van der Waals surface area contributed by atoms with Crippen molar-refractivity contribution in [2.24, 2.45) is 7.05 Å². The van der Waals surface area contributed by atoms with E-state index in [2.05, 4.69) is 53.9 Å². The minimum absolute atomic E-state index is 0. The molecule has 5 aromatic rings. The molecule has 1 saturated heterocycles. The van der Waals surface area contributed by atoms with Gasteiger partial charge in [0, 0.05) is 45.5 Å². The number of aromatic nitrogens is 2. The molecule has 1 aliphatic heterocycles. The van der Waals surface area contributed by atoms with Gasteiger partial charge in [-0.2, -0.15) is 5.26 Å². The van der Waals surface area contributed by atoms with Crippen molar-refractivity contribution in [1.82, 2.24) is 14.5 Å². The number of nitriles is 1. The van der Waals surface area contributed by atoms with Crippen LogP contribution in [-0.2, 0) is 19.9 Å². The minimum atomic E-state index is 0. The van der Waals surface area contributed by atoms with Crippen LogP contribution in [0.2, 0.25) is 5.02 Å². The van der Waals surface area contributed by atoms with Crippen molar-refractivity contribution in [2.45, 2.75) is 64.2 Å². The van der Waals surface area contributed by atoms with Gasteiger partial charge in [0.15, 0.2) is 0 Å². The van der Waals surface area contributed by atoms with Crippen LogP contribution in [0.5, 0.6) is 11.5 Å². The largest absolute Gasteiger partial charge is 0.457 e. The van der Waals surface area contributed by atoms with Crippen LogP contribution in [-0.4, -0.2) is 34.1 Å². The molecule has 3 heterocycles. The summed E-state index contributed by atoms with van der Waals surface area (Å²) >= 11 is 7.95. The summed E-state index contributed by atoms with van der Waals surface area (Å²) in [6.07, 6.45) is 11.4. The van der Waals surface area contributed by atoms with Crippen molar-refractivity contribution in [3.63, 3.8) is 0 Å². The van der Waals surface area contributed by atoms with Gasteiger partial charge in [-0.05, 0) is 137 Å². The number of thiazole rings is 1. The topological polar surface area (TPSA) is 54.1 Å². The number of aryl methyl sites for hydroxylation is 3. The molecule has 0 amide bonds. The Morgan fingerprint density at radius 2 is 1.67 bits per heavy atom. The van der Waals surface area contributed by atoms with Gasteiger partial charge in [-0.1, -0.05) is 24.9 Å². The van der Waals surface area contributed by atoms with Gasteiger partial charge in [0.05, 0.1) is 22.3 Å². The molecule has 0 bridgehead atoms. The molecule has 0 radical (unpaired) electrons. The van der Waals surface area contributed by atoms with E-state index in [1.54, 1.807) is 0 Å². The van der Waals surface area contributed by atoms with Crippen molar-refractivity contribution in [3.05, 3.63) is 99.0 Å². The molecular weight excluding hydrogens is 631 g/mol. The third-order valence-corrected chi connectivity index (χ3v) is 10.5. The highest BCUT2D eigenvalue weighted by molar-refractivity contribution is 7.12. The van der Waals surface area contributed by atoms with Gasteiger partial charge in [0.1, 0.15) is 11.5 Å². The summed E-state index contributed by atoms with van der Waals surface area (Å²) in [4.78, 5) is 9.33. The fourth-order valence-corrected chi connectivity index (χ4v) is 7.82. The normalized spacial score (nSPS) is 13.9. The molecular formula is C38H42Cl2N4OS. The highest BCUT2D eigenvalue weighted by Gasteiger charge is 2.25. The average Bonchev–Trinajstić information content (AvgIpc) is 3.64. The number of piperidine rings is 1. The lowest BCUT2D eigenvalue weighted by molar-refractivity contribution is 0.209. The molecule has 240 valence electrons. The van der Waals surface area contributed by atoms with E-state index in [4.69, 9.17) is 21.3 Å². The second-order valence-corrected chi connectivity index (χ2v) is 13.7. The lowest BCUT2D eigenvalue weighted by atomic mass is 9.97. The van der Waals surface area contributed by atoms with Gasteiger partial charge in [0.2, 0.25) is 0 Å². The number of unbranched alkanes of at least 4 members (excludes halogenated alkanes) is 2. The van der Waals surface area contributed by atoms with Gasteiger partial charge in [-0.25, -0.2) is 4.98 Å². The fourth-order valence-electron chi connectivity index (χ4n) is 6.39. The molecule has 1 aliphatic rings. The quantitative estimate of drug-likeness (QED) is 0.124. The van der Waals surface area contributed by atoms with E-state index in [1.807, 2.05) is 59.9 Å². The lowest BCUT2D eigenvalue weighted by Gasteiger charge is -2.31. The number of benzene rings is 3. The van der Waals surface area contributed by atoms with Crippen molar-refractivity contribution >= 4 is 46.2 Å². The van der Waals surface area contributed by atoms with Crippen LogP contribution in [0.1, 0.15) is 72.4 Å². The van der Waals surface area contributed by atoms with E-state index >= 15 is 0 Å². The van der Waals surface area contributed by atoms with Gasteiger partial charge in [0.25, 0.3) is 0 Å². The van der Waals surface area contributed by atoms with Gasteiger partial charge in [-0.15, -0.1) is 23.7 Å². The number of rotatable bonds is 12. The Labute approximate surface area is 288 Å². The third kappa shape index (κ3) is 8.14. The van der Waals surface area contributed by atoms with Crippen molar-refractivity contribution < 1.29 is 4.74 Å². The van der Waals surface area contributed by atoms with Crippen molar-refractivity contribution in [3.8, 4) is 28.8 Å². The van der Waals surface area contributed by atoms with Crippen LogP contribution in [0.25, 0.3) is 22.2 Å². The number of hydrogen-bond acceptors (Lipinski definition) is 5. The third-order valence-electron chi connectivity index (χ3n) is 8.96. The Bertz CT molecular complexity index is 1760. The molecule has 0 unspecified atom stereocenters. The molecule has 1 fully saturated rings. The second kappa shape index (κ2) is 16.0. The lowest BCUT2D eigenvalue weighted by Crippen LogP contribution is -2.33. The van der Waals surface area contributed by atoms with Gasteiger partial charge >= 0.3 is 0 Å². The van der Waals surface area contributed by atoms with E-state index in [1.165, 1.54) is 64.0 Å². The Balaban J connectivity index is 0.00000417. The standard InChI is InChI=1S/C38H41ClN4OS.ClH/c1-3-4-8-36-37(28-10-14-32(15-11-28)44-33-16-12-31(39)13-17-33)41-38(45-36)29-19-22-43(23-20-29)21-6-5-7-30-26-42(2)35-18-9-27(25-40)24-34(30)35;/h9-18,24,26,29H,3-8,19-23H2,1-2H3;1H. The zero-order chi connectivity index (χ0) is 31.2. The molecule has 0 saturated carbocycles. The predicted molar refractivity (Wildman–Crippen MR) is 194 cm³/mol. The van der Waals surface area contributed by atoms with Crippen LogP contribution in [0.3, 0.4) is 0 Å². The Morgan fingerprint density at radius 1 is 0.957 bits per heavy atom. The molecule has 8 heteroatoms. The Kier molecular flexibility index (Phi) is 11.8. The van der Waals surface area contributed by atoms with Crippen LogP contribution < -0.4 is 4.74 Å². The maximum absolute atomic E-state index is 9.33. The molecule has 6 rings (SSSR count). The summed E-state index contributed by atoms with van der Waals surface area (Å²) in [6, 6.07) is 24.1. The van der Waals surface area contributed by atoms with Crippen LogP contribution in [0.15, 0.2) is 72.9 Å². The van der Waals surface area contributed by atoms with Crippen molar-refractivity contribution in [2.75, 3.05) is 19.6 Å². The molecule has 3 aromatic carbocycles. The first-order valence-electron chi connectivity index (χ1n) is 16.2. The summed E-state index contributed by atoms with van der Waals surface area (Å²) in [5.41, 5.74) is 5.61. The van der Waals surface area contributed by atoms with Crippen LogP contribution in [0.4, 0.5) is 0 Å². The maximum Gasteiger partial charge on any atom is 0.127 e. The number of nitrogens with zero attached hydrogens (tertiary/aromatic N) is 4. The summed E-state index contributed by atoms with van der Waals surface area (Å²) in [7, 11) is 2.09. The summed E-state index contributed by atoms with van der Waals surface area (Å²) in [5.74, 6) is 2.13. The van der Waals surface area contributed by atoms with Gasteiger partial charge in [-0.3, -0.25) is 0 Å². The first kappa shape index (κ1) is 34.0. The number of hydrogen-bond donors (Lipinski definition) is 0. The van der Waals surface area contributed by atoms with Crippen LogP contribution >= 0.6 is 35.3 Å². The molecule has 5 nitrogen and oxygen atoms in total.